The summed E-state index contributed by atoms with van der Waals surface area (Å²) < 4.78 is 0. The monoisotopic (exact) mass is 379 g/mol. The number of hydrogen-bond acceptors (Lipinski definition) is 4. The number of pyridine rings is 1. The molecule has 0 saturated carbocycles. The number of phenols is 1. The lowest BCUT2D eigenvalue weighted by Gasteiger charge is -2.20. The Labute approximate surface area is 170 Å². The van der Waals surface area contributed by atoms with E-state index >= 15 is 0 Å². The molecule has 3 aromatic carbocycles. The summed E-state index contributed by atoms with van der Waals surface area (Å²) in [7, 11) is 2.11. The van der Waals surface area contributed by atoms with Gasteiger partial charge in [-0.1, -0.05) is 42.5 Å². The van der Waals surface area contributed by atoms with Crippen molar-refractivity contribution >= 4 is 17.1 Å². The Bertz CT molecular complexity index is 1190. The van der Waals surface area contributed by atoms with Crippen LogP contribution in [0.1, 0.15) is 0 Å². The molecule has 0 aliphatic carbocycles. The number of hydrogen-bond donors (Lipinski definition) is 1. The van der Waals surface area contributed by atoms with Gasteiger partial charge in [-0.2, -0.15) is 0 Å². The summed E-state index contributed by atoms with van der Waals surface area (Å²) in [4.78, 5) is 9.37. The number of fused-ring (bicyclic) bond motifs is 1. The third-order valence-electron chi connectivity index (χ3n) is 5.32. The highest BCUT2D eigenvalue weighted by Crippen LogP contribution is 2.40. The van der Waals surface area contributed by atoms with Crippen LogP contribution in [0.4, 0.5) is 17.1 Å². The van der Waals surface area contributed by atoms with E-state index in [2.05, 4.69) is 65.4 Å². The minimum atomic E-state index is 0.239. The van der Waals surface area contributed by atoms with Gasteiger partial charge in [-0.25, -0.2) is 4.98 Å². The number of anilines is 3. The zero-order chi connectivity index (χ0) is 19.8. The summed E-state index contributed by atoms with van der Waals surface area (Å²) in [6.07, 6.45) is 0. The first kappa shape index (κ1) is 17.3. The molecule has 4 nitrogen and oxygen atoms in total. The van der Waals surface area contributed by atoms with E-state index in [4.69, 9.17) is 4.98 Å². The van der Waals surface area contributed by atoms with Crippen LogP contribution in [0, 0.1) is 0 Å². The Balaban J connectivity index is 1.53. The summed E-state index contributed by atoms with van der Waals surface area (Å²) in [5.74, 6) is 0.239. The van der Waals surface area contributed by atoms with Gasteiger partial charge in [-0.05, 0) is 48.5 Å². The molecule has 1 aliphatic heterocycles. The van der Waals surface area contributed by atoms with Crippen molar-refractivity contribution in [1.82, 2.24) is 4.98 Å². The van der Waals surface area contributed by atoms with Gasteiger partial charge in [0.05, 0.1) is 29.4 Å². The van der Waals surface area contributed by atoms with Crippen LogP contribution in [0.5, 0.6) is 5.75 Å². The summed E-state index contributed by atoms with van der Waals surface area (Å²) in [6, 6.07) is 30.1. The summed E-state index contributed by atoms with van der Waals surface area (Å²) >= 11 is 0. The maximum atomic E-state index is 10.2. The van der Waals surface area contributed by atoms with Gasteiger partial charge in [0.2, 0.25) is 0 Å². The summed E-state index contributed by atoms with van der Waals surface area (Å²) in [6.45, 7) is 0.814. The van der Waals surface area contributed by atoms with Crippen LogP contribution in [-0.4, -0.2) is 23.8 Å². The van der Waals surface area contributed by atoms with Crippen LogP contribution in [0.15, 0.2) is 91.0 Å². The lowest BCUT2D eigenvalue weighted by molar-refractivity contribution is 0.477. The van der Waals surface area contributed by atoms with Crippen molar-refractivity contribution in [3.8, 4) is 28.3 Å². The zero-order valence-corrected chi connectivity index (χ0v) is 16.2. The molecule has 142 valence electrons. The number of rotatable bonds is 3. The number of phenolic OH excluding ortho intramolecular Hbond substituents is 1. The molecule has 4 heteroatoms. The first-order valence-corrected chi connectivity index (χ1v) is 9.64. The van der Waals surface area contributed by atoms with Crippen molar-refractivity contribution in [1.29, 1.82) is 0 Å². The molecule has 1 N–H and O–H groups in total. The van der Waals surface area contributed by atoms with Crippen molar-refractivity contribution < 1.29 is 5.11 Å². The van der Waals surface area contributed by atoms with E-state index in [0.717, 1.165) is 34.9 Å². The van der Waals surface area contributed by atoms with Crippen molar-refractivity contribution in [2.24, 2.45) is 0 Å². The molecule has 1 aliphatic rings. The molecule has 4 aromatic rings. The van der Waals surface area contributed by atoms with Gasteiger partial charge in [0.15, 0.2) is 0 Å². The van der Waals surface area contributed by atoms with Crippen LogP contribution < -0.4 is 9.80 Å². The number of aromatic nitrogens is 1. The molecular formula is C25H21N3O. The molecule has 0 unspecified atom stereocenters. The molecule has 2 heterocycles. The van der Waals surface area contributed by atoms with E-state index in [9.17, 15) is 5.11 Å². The molecule has 5 rings (SSSR count). The van der Waals surface area contributed by atoms with E-state index in [-0.39, 0.29) is 5.75 Å². The van der Waals surface area contributed by atoms with Gasteiger partial charge in [0, 0.05) is 23.9 Å². The van der Waals surface area contributed by atoms with Crippen LogP contribution in [-0.2, 0) is 0 Å². The molecular weight excluding hydrogens is 358 g/mol. The fraction of sp³-hybridized carbons (Fsp3) is 0.0800. The molecule has 1 aromatic heterocycles. The highest BCUT2D eigenvalue weighted by atomic mass is 16.3. The van der Waals surface area contributed by atoms with Gasteiger partial charge in [-0.3, -0.25) is 0 Å². The third kappa shape index (κ3) is 3.09. The smallest absolute Gasteiger partial charge is 0.124 e. The normalized spacial score (nSPS) is 12.9. The Morgan fingerprint density at radius 3 is 2.34 bits per heavy atom. The first-order chi connectivity index (χ1) is 14.2. The number of para-hydroxylation sites is 3. The van der Waals surface area contributed by atoms with Crippen molar-refractivity contribution in [3.63, 3.8) is 0 Å². The summed E-state index contributed by atoms with van der Waals surface area (Å²) in [5.41, 5.74) is 7.01. The van der Waals surface area contributed by atoms with Crippen molar-refractivity contribution in [2.45, 2.75) is 0 Å². The minimum Gasteiger partial charge on any atom is -0.507 e. The molecule has 0 saturated heterocycles. The van der Waals surface area contributed by atoms with E-state index in [1.165, 1.54) is 11.4 Å². The van der Waals surface area contributed by atoms with Crippen LogP contribution in [0.25, 0.3) is 22.5 Å². The molecule has 0 amide bonds. The molecule has 0 atom stereocenters. The average Bonchev–Trinajstić information content (AvgIpc) is 3.11. The first-order valence-electron chi connectivity index (χ1n) is 9.64. The van der Waals surface area contributed by atoms with Crippen LogP contribution in [0.2, 0.25) is 0 Å². The maximum absolute atomic E-state index is 10.2. The number of benzene rings is 3. The van der Waals surface area contributed by atoms with Crippen LogP contribution in [0.3, 0.4) is 0 Å². The lowest BCUT2D eigenvalue weighted by atomic mass is 10.1. The Kier molecular flexibility index (Phi) is 4.17. The van der Waals surface area contributed by atoms with Gasteiger partial charge in [0.25, 0.3) is 0 Å². The highest BCUT2D eigenvalue weighted by molar-refractivity contribution is 5.83. The van der Waals surface area contributed by atoms with Gasteiger partial charge >= 0.3 is 0 Å². The predicted octanol–water partition coefficient (Wildman–Crippen LogP) is 5.67. The van der Waals surface area contributed by atoms with Gasteiger partial charge in [0.1, 0.15) is 5.75 Å². The largest absolute Gasteiger partial charge is 0.507 e. The van der Waals surface area contributed by atoms with Crippen molar-refractivity contribution in [2.75, 3.05) is 23.5 Å². The molecule has 0 radical (unpaired) electrons. The van der Waals surface area contributed by atoms with E-state index in [1.807, 2.05) is 36.4 Å². The van der Waals surface area contributed by atoms with Crippen LogP contribution >= 0.6 is 0 Å². The molecule has 29 heavy (non-hydrogen) atoms. The minimum absolute atomic E-state index is 0.239. The lowest BCUT2D eigenvalue weighted by Crippen LogP contribution is -2.23. The Morgan fingerprint density at radius 1 is 0.759 bits per heavy atom. The average molecular weight is 379 g/mol. The second kappa shape index (κ2) is 6.99. The molecule has 0 bridgehead atoms. The Hall–Kier alpha value is -3.79. The number of aromatic hydroxyl groups is 1. The highest BCUT2D eigenvalue weighted by Gasteiger charge is 2.24. The predicted molar refractivity (Wildman–Crippen MR) is 119 cm³/mol. The standard InChI is InChI=1S/C25H21N3O/c1-27-17-28(24-14-4-3-13-23(24)27)19-9-6-8-18(16-19)21-11-7-12-22(26-21)20-10-2-5-15-25(20)29/h2-16,29H,17H2,1H3. The van der Waals surface area contributed by atoms with E-state index in [0.29, 0.717) is 0 Å². The fourth-order valence-electron chi connectivity index (χ4n) is 3.87. The third-order valence-corrected chi connectivity index (χ3v) is 5.32. The topological polar surface area (TPSA) is 39.6 Å². The second-order valence-corrected chi connectivity index (χ2v) is 7.23. The molecule has 0 spiro atoms. The summed E-state index contributed by atoms with van der Waals surface area (Å²) in [5, 5.41) is 10.2. The zero-order valence-electron chi connectivity index (χ0n) is 16.2. The SMILES string of the molecule is CN1CN(c2cccc(-c3cccc(-c4ccccc4O)n3)c2)c2ccccc21. The van der Waals surface area contributed by atoms with E-state index in [1.54, 1.807) is 6.07 Å². The molecule has 0 fully saturated rings. The quantitative estimate of drug-likeness (QED) is 0.498. The number of nitrogens with zero attached hydrogens (tertiary/aromatic N) is 3. The second-order valence-electron chi connectivity index (χ2n) is 7.23. The maximum Gasteiger partial charge on any atom is 0.124 e. The van der Waals surface area contributed by atoms with Gasteiger partial charge in [-0.15, -0.1) is 0 Å². The van der Waals surface area contributed by atoms with Crippen molar-refractivity contribution in [3.05, 3.63) is 91.0 Å². The van der Waals surface area contributed by atoms with Gasteiger partial charge < -0.3 is 14.9 Å². The van der Waals surface area contributed by atoms with E-state index < -0.39 is 0 Å². The fourth-order valence-corrected chi connectivity index (χ4v) is 3.87. The Morgan fingerprint density at radius 2 is 1.48 bits per heavy atom.